The summed E-state index contributed by atoms with van der Waals surface area (Å²) >= 11 is 0. The fourth-order valence-corrected chi connectivity index (χ4v) is 2.10. The number of likely N-dealkylation sites (N-methyl/N-ethyl adjacent to an activating group) is 1. The number of aromatic amines is 1. The van der Waals surface area contributed by atoms with Gasteiger partial charge in [-0.15, -0.1) is 0 Å². The first-order valence-corrected chi connectivity index (χ1v) is 5.58. The Balaban J connectivity index is 2.44. The molecule has 0 saturated heterocycles. The molecule has 1 heterocycles. The number of aromatic nitrogens is 2. The third-order valence-corrected chi connectivity index (χ3v) is 2.97. The molecule has 18 heavy (non-hydrogen) atoms. The number of nitrogens with zero attached hydrogens (tertiary/aromatic N) is 2. The number of nitrogens with one attached hydrogen (secondary N) is 1. The zero-order valence-electron chi connectivity index (χ0n) is 10.3. The second-order valence-electron chi connectivity index (χ2n) is 4.45. The molecular formula is C12H16N4O2. The molecular weight excluding hydrogens is 232 g/mol. The predicted octanol–water partition coefficient (Wildman–Crippen LogP) is 0.577. The molecule has 0 radical (unpaired) electrons. The number of hydrogen-bond acceptors (Lipinski definition) is 4. The van der Waals surface area contributed by atoms with Crippen LogP contribution in [0.15, 0.2) is 24.5 Å². The molecule has 0 spiro atoms. The highest BCUT2D eigenvalue weighted by Gasteiger charge is 2.27. The monoisotopic (exact) mass is 248 g/mol. The minimum Gasteiger partial charge on any atom is -0.480 e. The number of rotatable bonds is 4. The molecule has 1 aromatic heterocycles. The third kappa shape index (κ3) is 2.20. The summed E-state index contributed by atoms with van der Waals surface area (Å²) in [7, 11) is 3.62. The molecule has 1 aromatic carbocycles. The van der Waals surface area contributed by atoms with Gasteiger partial charge in [-0.1, -0.05) is 6.07 Å². The van der Waals surface area contributed by atoms with Crippen molar-refractivity contribution in [2.75, 3.05) is 14.1 Å². The van der Waals surface area contributed by atoms with Gasteiger partial charge in [-0.25, -0.2) is 4.98 Å². The Labute approximate surface area is 104 Å². The second kappa shape index (κ2) is 4.75. The molecule has 0 aliphatic rings. The summed E-state index contributed by atoms with van der Waals surface area (Å²) in [6.45, 7) is 0. The Kier molecular flexibility index (Phi) is 3.31. The number of carbonyl (C=O) groups is 1. The van der Waals surface area contributed by atoms with Crippen molar-refractivity contribution in [3.05, 3.63) is 30.1 Å². The van der Waals surface area contributed by atoms with E-state index < -0.39 is 12.0 Å². The maximum Gasteiger partial charge on any atom is 0.322 e. The number of nitrogens with two attached hydrogens (primary N) is 1. The number of H-pyrrole nitrogens is 1. The van der Waals surface area contributed by atoms with Crippen LogP contribution >= 0.6 is 0 Å². The highest BCUT2D eigenvalue weighted by Crippen LogP contribution is 2.24. The van der Waals surface area contributed by atoms with Gasteiger partial charge in [0, 0.05) is 0 Å². The third-order valence-electron chi connectivity index (χ3n) is 2.97. The van der Waals surface area contributed by atoms with Crippen LogP contribution < -0.4 is 5.73 Å². The van der Waals surface area contributed by atoms with Crippen molar-refractivity contribution in [1.82, 2.24) is 14.9 Å². The normalized spacial score (nSPS) is 14.9. The highest BCUT2D eigenvalue weighted by molar-refractivity contribution is 5.77. The van der Waals surface area contributed by atoms with Gasteiger partial charge in [0.25, 0.3) is 0 Å². The molecule has 0 aliphatic carbocycles. The zero-order valence-corrected chi connectivity index (χ0v) is 10.3. The number of benzene rings is 1. The van der Waals surface area contributed by atoms with Crippen molar-refractivity contribution in [3.63, 3.8) is 0 Å². The molecule has 2 aromatic rings. The molecule has 0 fully saturated rings. The van der Waals surface area contributed by atoms with Gasteiger partial charge >= 0.3 is 5.97 Å². The first-order valence-electron chi connectivity index (χ1n) is 5.58. The van der Waals surface area contributed by atoms with Crippen LogP contribution in [0.2, 0.25) is 0 Å². The quantitative estimate of drug-likeness (QED) is 0.735. The first-order chi connectivity index (χ1) is 8.50. The lowest BCUT2D eigenvalue weighted by Gasteiger charge is -2.27. The predicted molar refractivity (Wildman–Crippen MR) is 68.1 cm³/mol. The summed E-state index contributed by atoms with van der Waals surface area (Å²) in [6.07, 6.45) is 1.61. The molecule has 0 aliphatic heterocycles. The Hall–Kier alpha value is -1.92. The van der Waals surface area contributed by atoms with E-state index in [-0.39, 0.29) is 6.04 Å². The molecule has 96 valence electrons. The van der Waals surface area contributed by atoms with Crippen molar-refractivity contribution < 1.29 is 9.90 Å². The van der Waals surface area contributed by atoms with E-state index in [0.29, 0.717) is 0 Å². The number of hydrogen-bond donors (Lipinski definition) is 3. The lowest BCUT2D eigenvalue weighted by Crippen LogP contribution is -2.43. The minimum absolute atomic E-state index is 0.379. The summed E-state index contributed by atoms with van der Waals surface area (Å²) < 4.78 is 0. The average Bonchev–Trinajstić information content (AvgIpc) is 2.75. The fourth-order valence-electron chi connectivity index (χ4n) is 2.10. The van der Waals surface area contributed by atoms with E-state index in [4.69, 9.17) is 10.8 Å². The molecule has 0 bridgehead atoms. The van der Waals surface area contributed by atoms with E-state index in [0.717, 1.165) is 16.6 Å². The lowest BCUT2D eigenvalue weighted by atomic mass is 9.98. The lowest BCUT2D eigenvalue weighted by molar-refractivity contribution is -0.140. The van der Waals surface area contributed by atoms with E-state index in [1.54, 1.807) is 11.2 Å². The maximum atomic E-state index is 11.1. The highest BCUT2D eigenvalue weighted by atomic mass is 16.4. The summed E-state index contributed by atoms with van der Waals surface area (Å²) in [5, 5.41) is 9.06. The number of fused-ring (bicyclic) bond motifs is 1. The van der Waals surface area contributed by atoms with Crippen LogP contribution in [0.1, 0.15) is 11.6 Å². The number of aliphatic carboxylic acids is 1. The maximum absolute atomic E-state index is 11.1. The smallest absolute Gasteiger partial charge is 0.322 e. The van der Waals surface area contributed by atoms with Gasteiger partial charge in [0.1, 0.15) is 6.04 Å². The fraction of sp³-hybridized carbons (Fsp3) is 0.333. The van der Waals surface area contributed by atoms with Crippen LogP contribution in [0.4, 0.5) is 0 Å². The van der Waals surface area contributed by atoms with Crippen LogP contribution in [-0.4, -0.2) is 46.1 Å². The first kappa shape index (κ1) is 12.5. The van der Waals surface area contributed by atoms with Gasteiger partial charge in [0.05, 0.1) is 23.4 Å². The Morgan fingerprint density at radius 1 is 1.50 bits per heavy atom. The van der Waals surface area contributed by atoms with Crippen LogP contribution in [0.25, 0.3) is 11.0 Å². The Morgan fingerprint density at radius 3 is 2.83 bits per heavy atom. The van der Waals surface area contributed by atoms with Crippen LogP contribution in [0.5, 0.6) is 0 Å². The van der Waals surface area contributed by atoms with Crippen molar-refractivity contribution in [1.29, 1.82) is 0 Å². The topological polar surface area (TPSA) is 95.2 Å². The SMILES string of the molecule is CN(C)C(c1ccc2nc[nH]c2c1)C(N)C(=O)O. The molecule has 0 amide bonds. The second-order valence-corrected chi connectivity index (χ2v) is 4.45. The average molecular weight is 248 g/mol. The van der Waals surface area contributed by atoms with Crippen LogP contribution in [-0.2, 0) is 4.79 Å². The number of carboxylic acid groups (broad SMARTS) is 1. The van der Waals surface area contributed by atoms with E-state index in [1.165, 1.54) is 0 Å². The molecule has 2 rings (SSSR count). The summed E-state index contributed by atoms with van der Waals surface area (Å²) in [5.74, 6) is -1.02. The van der Waals surface area contributed by atoms with E-state index >= 15 is 0 Å². The van der Waals surface area contributed by atoms with Crippen molar-refractivity contribution in [2.45, 2.75) is 12.1 Å². The zero-order chi connectivity index (χ0) is 13.3. The molecule has 4 N–H and O–H groups in total. The number of carboxylic acids is 1. The summed E-state index contributed by atoms with van der Waals surface area (Å²) in [4.78, 5) is 20.0. The molecule has 6 heteroatoms. The van der Waals surface area contributed by atoms with Gasteiger partial charge in [-0.2, -0.15) is 0 Å². The van der Waals surface area contributed by atoms with Crippen molar-refractivity contribution >= 4 is 17.0 Å². The van der Waals surface area contributed by atoms with Crippen molar-refractivity contribution in [2.24, 2.45) is 5.73 Å². The Bertz CT molecular complexity index is 564. The minimum atomic E-state index is -1.02. The van der Waals surface area contributed by atoms with Gasteiger partial charge in [0.2, 0.25) is 0 Å². The van der Waals surface area contributed by atoms with Crippen LogP contribution in [0, 0.1) is 0 Å². The number of imidazole rings is 1. The summed E-state index contributed by atoms with van der Waals surface area (Å²) in [6, 6.07) is 4.24. The van der Waals surface area contributed by atoms with E-state index in [9.17, 15) is 4.79 Å². The van der Waals surface area contributed by atoms with Gasteiger partial charge in [-0.05, 0) is 31.8 Å². The summed E-state index contributed by atoms with van der Waals surface area (Å²) in [5.41, 5.74) is 8.32. The van der Waals surface area contributed by atoms with Crippen molar-refractivity contribution in [3.8, 4) is 0 Å². The Morgan fingerprint density at radius 2 is 2.22 bits per heavy atom. The van der Waals surface area contributed by atoms with E-state index in [1.807, 2.05) is 32.3 Å². The largest absolute Gasteiger partial charge is 0.480 e. The van der Waals surface area contributed by atoms with E-state index in [2.05, 4.69) is 9.97 Å². The molecule has 2 atom stereocenters. The van der Waals surface area contributed by atoms with Gasteiger partial charge in [-0.3, -0.25) is 4.79 Å². The standard InChI is InChI=1S/C12H16N4O2/c1-16(2)11(10(13)12(17)18)7-3-4-8-9(5-7)15-6-14-8/h3-6,10-11H,13H2,1-2H3,(H,14,15)(H,17,18). The molecule has 6 nitrogen and oxygen atoms in total. The van der Waals surface area contributed by atoms with Crippen LogP contribution in [0.3, 0.4) is 0 Å². The van der Waals surface area contributed by atoms with Gasteiger partial charge in [0.15, 0.2) is 0 Å². The van der Waals surface area contributed by atoms with Gasteiger partial charge < -0.3 is 20.7 Å². The molecule has 0 saturated carbocycles. The molecule has 2 unspecified atom stereocenters.